The normalized spacial score (nSPS) is 10.8. The molecule has 0 aromatic heterocycles. The van der Waals surface area contributed by atoms with Gasteiger partial charge in [-0.15, -0.1) is 0 Å². The molecular formula is C16H15Cl2FN2O. The summed E-state index contributed by atoms with van der Waals surface area (Å²) in [6.45, 7) is 0.628. The molecule has 0 saturated heterocycles. The van der Waals surface area contributed by atoms with Crippen LogP contribution in [-0.4, -0.2) is 24.4 Å². The highest BCUT2D eigenvalue weighted by Crippen LogP contribution is 2.20. The smallest absolute Gasteiger partial charge is 0.238 e. The van der Waals surface area contributed by atoms with Crippen LogP contribution in [0.15, 0.2) is 42.5 Å². The quantitative estimate of drug-likeness (QED) is 0.884. The van der Waals surface area contributed by atoms with Gasteiger partial charge in [0.1, 0.15) is 5.82 Å². The van der Waals surface area contributed by atoms with Crippen molar-refractivity contribution in [2.45, 2.75) is 6.54 Å². The maximum absolute atomic E-state index is 13.5. The predicted molar refractivity (Wildman–Crippen MR) is 87.8 cm³/mol. The Kier molecular flexibility index (Phi) is 5.77. The fourth-order valence-electron chi connectivity index (χ4n) is 2.07. The van der Waals surface area contributed by atoms with Gasteiger partial charge in [-0.25, -0.2) is 4.39 Å². The number of anilines is 1. The van der Waals surface area contributed by atoms with Gasteiger partial charge in [-0.05, 0) is 42.9 Å². The molecule has 0 atom stereocenters. The number of carbonyl (C=O) groups is 1. The van der Waals surface area contributed by atoms with E-state index in [0.29, 0.717) is 16.6 Å². The van der Waals surface area contributed by atoms with Crippen LogP contribution in [0.5, 0.6) is 0 Å². The molecule has 0 heterocycles. The zero-order valence-electron chi connectivity index (χ0n) is 11.9. The first-order valence-corrected chi connectivity index (χ1v) is 7.37. The lowest BCUT2D eigenvalue weighted by Gasteiger charge is -2.17. The van der Waals surface area contributed by atoms with Gasteiger partial charge in [0.2, 0.25) is 5.91 Å². The van der Waals surface area contributed by atoms with Crippen molar-refractivity contribution in [1.29, 1.82) is 0 Å². The second-order valence-corrected chi connectivity index (χ2v) is 5.85. The zero-order chi connectivity index (χ0) is 16.1. The molecule has 1 amide bonds. The number of benzene rings is 2. The summed E-state index contributed by atoms with van der Waals surface area (Å²) in [6, 6.07) is 11.3. The SMILES string of the molecule is CN(CC(=O)Nc1ccccc1F)Cc1cc(Cl)cc(Cl)c1. The van der Waals surface area contributed by atoms with Crippen molar-refractivity contribution in [2.24, 2.45) is 0 Å². The lowest BCUT2D eigenvalue weighted by atomic mass is 10.2. The molecule has 3 nitrogen and oxygen atoms in total. The second-order valence-electron chi connectivity index (χ2n) is 4.98. The summed E-state index contributed by atoms with van der Waals surface area (Å²) < 4.78 is 13.5. The van der Waals surface area contributed by atoms with Gasteiger partial charge in [-0.3, -0.25) is 9.69 Å². The van der Waals surface area contributed by atoms with E-state index in [1.165, 1.54) is 12.1 Å². The number of amides is 1. The number of halogens is 3. The summed E-state index contributed by atoms with van der Waals surface area (Å²) in [5.74, 6) is -0.749. The van der Waals surface area contributed by atoms with Gasteiger partial charge < -0.3 is 5.32 Å². The van der Waals surface area contributed by atoms with Gasteiger partial charge in [-0.1, -0.05) is 35.3 Å². The standard InChI is InChI=1S/C16H15Cl2FN2O/c1-21(9-11-6-12(17)8-13(18)7-11)10-16(22)20-15-5-3-2-4-14(15)19/h2-8H,9-10H2,1H3,(H,20,22). The number of nitrogens with zero attached hydrogens (tertiary/aromatic N) is 1. The van der Waals surface area contributed by atoms with E-state index >= 15 is 0 Å². The van der Waals surface area contributed by atoms with E-state index in [2.05, 4.69) is 5.32 Å². The number of nitrogens with one attached hydrogen (secondary N) is 1. The Morgan fingerprint density at radius 1 is 1.18 bits per heavy atom. The molecule has 0 aliphatic rings. The first kappa shape index (κ1) is 16.7. The number of likely N-dealkylation sites (N-methyl/N-ethyl adjacent to an activating group) is 1. The first-order valence-electron chi connectivity index (χ1n) is 6.62. The van der Waals surface area contributed by atoms with Crippen LogP contribution in [0.2, 0.25) is 10.0 Å². The average molecular weight is 341 g/mol. The maximum Gasteiger partial charge on any atom is 0.238 e. The van der Waals surface area contributed by atoms with Gasteiger partial charge >= 0.3 is 0 Å². The number of rotatable bonds is 5. The molecular weight excluding hydrogens is 326 g/mol. The van der Waals surface area contributed by atoms with Crippen LogP contribution in [0.3, 0.4) is 0 Å². The van der Waals surface area contributed by atoms with E-state index in [9.17, 15) is 9.18 Å². The van der Waals surface area contributed by atoms with Crippen molar-refractivity contribution in [1.82, 2.24) is 4.90 Å². The minimum atomic E-state index is -0.458. The topological polar surface area (TPSA) is 32.3 Å². The second kappa shape index (κ2) is 7.58. The molecule has 0 radical (unpaired) electrons. The Morgan fingerprint density at radius 2 is 1.82 bits per heavy atom. The number of para-hydroxylation sites is 1. The van der Waals surface area contributed by atoms with Crippen LogP contribution in [0, 0.1) is 5.82 Å². The summed E-state index contributed by atoms with van der Waals surface area (Å²) in [5, 5.41) is 3.64. The molecule has 2 aromatic carbocycles. The van der Waals surface area contributed by atoms with Crippen LogP contribution in [-0.2, 0) is 11.3 Å². The largest absolute Gasteiger partial charge is 0.322 e. The van der Waals surface area contributed by atoms with Crippen molar-refractivity contribution in [2.75, 3.05) is 18.9 Å². The number of hydrogen-bond donors (Lipinski definition) is 1. The van der Waals surface area contributed by atoms with E-state index in [4.69, 9.17) is 23.2 Å². The van der Waals surface area contributed by atoms with Crippen molar-refractivity contribution >= 4 is 34.8 Å². The lowest BCUT2D eigenvalue weighted by molar-refractivity contribution is -0.117. The molecule has 116 valence electrons. The minimum absolute atomic E-state index is 0.123. The van der Waals surface area contributed by atoms with E-state index in [-0.39, 0.29) is 18.1 Å². The highest BCUT2D eigenvalue weighted by molar-refractivity contribution is 6.34. The number of carbonyl (C=O) groups excluding carboxylic acids is 1. The third-order valence-corrected chi connectivity index (χ3v) is 3.37. The summed E-state index contributed by atoms with van der Waals surface area (Å²) >= 11 is 11.9. The zero-order valence-corrected chi connectivity index (χ0v) is 13.5. The van der Waals surface area contributed by atoms with Gasteiger partial charge in [0.15, 0.2) is 0 Å². The van der Waals surface area contributed by atoms with Crippen LogP contribution < -0.4 is 5.32 Å². The van der Waals surface area contributed by atoms with Gasteiger partial charge in [-0.2, -0.15) is 0 Å². The van der Waals surface area contributed by atoms with E-state index in [0.717, 1.165) is 5.56 Å². The fourth-order valence-corrected chi connectivity index (χ4v) is 2.64. The highest BCUT2D eigenvalue weighted by Gasteiger charge is 2.10. The van der Waals surface area contributed by atoms with E-state index < -0.39 is 5.82 Å². The predicted octanol–water partition coefficient (Wildman–Crippen LogP) is 4.20. The van der Waals surface area contributed by atoms with Crippen LogP contribution in [0.4, 0.5) is 10.1 Å². The molecule has 0 bridgehead atoms. The van der Waals surface area contributed by atoms with Gasteiger partial charge in [0.05, 0.1) is 12.2 Å². The molecule has 0 fully saturated rings. The van der Waals surface area contributed by atoms with Crippen molar-refractivity contribution in [3.8, 4) is 0 Å². The Labute approximate surface area is 138 Å². The van der Waals surface area contributed by atoms with Crippen molar-refractivity contribution < 1.29 is 9.18 Å². The highest BCUT2D eigenvalue weighted by atomic mass is 35.5. The Morgan fingerprint density at radius 3 is 2.45 bits per heavy atom. The number of hydrogen-bond acceptors (Lipinski definition) is 2. The molecule has 0 saturated carbocycles. The van der Waals surface area contributed by atoms with E-state index in [1.54, 1.807) is 42.3 Å². The van der Waals surface area contributed by atoms with Gasteiger partial charge in [0, 0.05) is 16.6 Å². The minimum Gasteiger partial charge on any atom is -0.322 e. The molecule has 1 N–H and O–H groups in total. The summed E-state index contributed by atoms with van der Waals surface area (Å²) in [5.41, 5.74) is 1.07. The Hall–Kier alpha value is -1.62. The van der Waals surface area contributed by atoms with Crippen LogP contribution in [0.25, 0.3) is 0 Å². The molecule has 2 aromatic rings. The molecule has 0 aliphatic heterocycles. The lowest BCUT2D eigenvalue weighted by Crippen LogP contribution is -2.30. The fraction of sp³-hybridized carbons (Fsp3) is 0.188. The monoisotopic (exact) mass is 340 g/mol. The van der Waals surface area contributed by atoms with Crippen molar-refractivity contribution in [3.63, 3.8) is 0 Å². The summed E-state index contributed by atoms with van der Waals surface area (Å²) in [6.07, 6.45) is 0. The van der Waals surface area contributed by atoms with Gasteiger partial charge in [0.25, 0.3) is 0 Å². The third kappa shape index (κ3) is 4.98. The molecule has 2 rings (SSSR count). The summed E-state index contributed by atoms with van der Waals surface area (Å²) in [7, 11) is 1.79. The van der Waals surface area contributed by atoms with E-state index in [1.807, 2.05) is 0 Å². The first-order chi connectivity index (χ1) is 10.4. The Bertz CT molecular complexity index is 659. The average Bonchev–Trinajstić information content (AvgIpc) is 2.39. The molecule has 22 heavy (non-hydrogen) atoms. The van der Waals surface area contributed by atoms with Crippen LogP contribution in [0.1, 0.15) is 5.56 Å². The molecule has 0 spiro atoms. The maximum atomic E-state index is 13.5. The van der Waals surface area contributed by atoms with Crippen LogP contribution >= 0.6 is 23.2 Å². The van der Waals surface area contributed by atoms with Crippen molar-refractivity contribution in [3.05, 3.63) is 63.9 Å². The third-order valence-electron chi connectivity index (χ3n) is 2.94. The molecule has 0 unspecified atom stereocenters. The molecule has 6 heteroatoms. The summed E-state index contributed by atoms with van der Waals surface area (Å²) in [4.78, 5) is 13.7. The Balaban J connectivity index is 1.92. The molecule has 0 aliphatic carbocycles.